The number of carbonyl (C=O) groups is 2. The van der Waals surface area contributed by atoms with Crippen LogP contribution in [-0.2, 0) is 4.79 Å². The largest absolute Gasteiger partial charge is 0.340 e. The Hall–Kier alpha value is -1.66. The van der Waals surface area contributed by atoms with Crippen LogP contribution >= 0.6 is 46.4 Å². The van der Waals surface area contributed by atoms with Crippen molar-refractivity contribution in [3.05, 3.63) is 62.1 Å². The van der Waals surface area contributed by atoms with Crippen molar-refractivity contribution in [2.75, 3.05) is 5.43 Å². The SMILES string of the molecule is CC(C)CC(NC(=O)c1cc(Cl)cc(Cl)c1)C(=O)NNc1ccc(Cl)cc1Cl. The van der Waals surface area contributed by atoms with Gasteiger partial charge in [-0.05, 0) is 48.7 Å². The lowest BCUT2D eigenvalue weighted by Crippen LogP contribution is -2.49. The molecule has 0 saturated carbocycles. The molecule has 150 valence electrons. The van der Waals surface area contributed by atoms with E-state index >= 15 is 0 Å². The van der Waals surface area contributed by atoms with Gasteiger partial charge >= 0.3 is 0 Å². The molecule has 0 aromatic heterocycles. The molecule has 0 fully saturated rings. The van der Waals surface area contributed by atoms with Crippen LogP contribution in [0.15, 0.2) is 36.4 Å². The molecule has 0 aliphatic rings. The number of rotatable bonds is 7. The molecule has 2 aromatic carbocycles. The lowest BCUT2D eigenvalue weighted by Gasteiger charge is -2.21. The second kappa shape index (κ2) is 10.2. The third-order valence-electron chi connectivity index (χ3n) is 3.71. The minimum atomic E-state index is -0.774. The maximum absolute atomic E-state index is 12.6. The maximum atomic E-state index is 12.6. The predicted octanol–water partition coefficient (Wildman–Crippen LogP) is 5.59. The summed E-state index contributed by atoms with van der Waals surface area (Å²) in [5, 5.41) is 4.22. The van der Waals surface area contributed by atoms with E-state index in [4.69, 9.17) is 46.4 Å². The number of nitrogens with one attached hydrogen (secondary N) is 3. The van der Waals surface area contributed by atoms with Crippen LogP contribution in [0.25, 0.3) is 0 Å². The standard InChI is InChI=1S/C19H19Cl4N3O2/c1-10(2)5-17(24-18(27)11-6-13(21)8-14(22)7-11)19(28)26-25-16-4-3-12(20)9-15(16)23/h3-4,6-10,17,25H,5H2,1-2H3,(H,24,27)(H,26,28). The molecular formula is C19H19Cl4N3O2. The number of halogens is 4. The minimum absolute atomic E-state index is 0.165. The van der Waals surface area contributed by atoms with Crippen LogP contribution in [0.2, 0.25) is 20.1 Å². The molecule has 0 heterocycles. The Morgan fingerprint density at radius 1 is 0.929 bits per heavy atom. The lowest BCUT2D eigenvalue weighted by atomic mass is 10.0. The van der Waals surface area contributed by atoms with Gasteiger partial charge in [-0.15, -0.1) is 0 Å². The molecule has 2 amide bonds. The van der Waals surface area contributed by atoms with Crippen molar-refractivity contribution in [2.24, 2.45) is 5.92 Å². The zero-order valence-corrected chi connectivity index (χ0v) is 18.2. The third kappa shape index (κ3) is 6.74. The van der Waals surface area contributed by atoms with Gasteiger partial charge in [0.15, 0.2) is 0 Å². The number of hydrogen-bond acceptors (Lipinski definition) is 3. The van der Waals surface area contributed by atoms with Gasteiger partial charge in [-0.1, -0.05) is 60.3 Å². The van der Waals surface area contributed by atoms with Crippen molar-refractivity contribution >= 4 is 63.9 Å². The molecule has 0 radical (unpaired) electrons. The van der Waals surface area contributed by atoms with Gasteiger partial charge in [0, 0.05) is 20.6 Å². The number of hydrazine groups is 1. The second-order valence-corrected chi connectivity index (χ2v) is 8.27. The molecule has 3 N–H and O–H groups in total. The van der Waals surface area contributed by atoms with Crippen molar-refractivity contribution in [3.63, 3.8) is 0 Å². The van der Waals surface area contributed by atoms with E-state index in [1.54, 1.807) is 18.2 Å². The number of anilines is 1. The Balaban J connectivity index is 2.08. The molecule has 2 aromatic rings. The van der Waals surface area contributed by atoms with E-state index < -0.39 is 17.9 Å². The summed E-state index contributed by atoms with van der Waals surface area (Å²) < 4.78 is 0. The average Bonchev–Trinajstić information content (AvgIpc) is 2.58. The maximum Gasteiger partial charge on any atom is 0.260 e. The molecule has 0 aliphatic carbocycles. The van der Waals surface area contributed by atoms with Crippen LogP contribution in [0.1, 0.15) is 30.6 Å². The summed E-state index contributed by atoms with van der Waals surface area (Å²) in [6.07, 6.45) is 0.432. The van der Waals surface area contributed by atoms with Gasteiger partial charge in [0.1, 0.15) is 6.04 Å². The topological polar surface area (TPSA) is 70.2 Å². The molecular weight excluding hydrogens is 444 g/mol. The molecule has 0 spiro atoms. The lowest BCUT2D eigenvalue weighted by molar-refractivity contribution is -0.122. The number of amides is 2. The Kier molecular flexibility index (Phi) is 8.25. The highest BCUT2D eigenvalue weighted by Crippen LogP contribution is 2.24. The number of carbonyl (C=O) groups excluding carboxylic acids is 2. The highest BCUT2D eigenvalue weighted by atomic mass is 35.5. The Bertz CT molecular complexity index is 854. The summed E-state index contributed by atoms with van der Waals surface area (Å²) >= 11 is 23.8. The van der Waals surface area contributed by atoms with E-state index in [0.717, 1.165) is 0 Å². The summed E-state index contributed by atoms with van der Waals surface area (Å²) in [5.74, 6) is -0.700. The Morgan fingerprint density at radius 3 is 2.14 bits per heavy atom. The Morgan fingerprint density at radius 2 is 1.57 bits per heavy atom. The third-order valence-corrected chi connectivity index (χ3v) is 4.69. The van der Waals surface area contributed by atoms with Gasteiger partial charge in [0.25, 0.3) is 11.8 Å². The van der Waals surface area contributed by atoms with Crippen LogP contribution in [0.3, 0.4) is 0 Å². The zero-order valence-electron chi connectivity index (χ0n) is 15.2. The predicted molar refractivity (Wildman–Crippen MR) is 115 cm³/mol. The van der Waals surface area contributed by atoms with E-state index in [1.165, 1.54) is 18.2 Å². The fraction of sp³-hybridized carbons (Fsp3) is 0.263. The molecule has 28 heavy (non-hydrogen) atoms. The van der Waals surface area contributed by atoms with Gasteiger partial charge in [-0.25, -0.2) is 0 Å². The summed E-state index contributed by atoms with van der Waals surface area (Å²) in [6.45, 7) is 3.90. The Labute approximate surface area is 183 Å². The molecule has 0 aliphatic heterocycles. The average molecular weight is 463 g/mol. The first-order valence-corrected chi connectivity index (χ1v) is 9.94. The van der Waals surface area contributed by atoms with Crippen LogP contribution in [-0.4, -0.2) is 17.9 Å². The molecule has 9 heteroatoms. The number of benzene rings is 2. The highest BCUT2D eigenvalue weighted by Gasteiger charge is 2.23. The van der Waals surface area contributed by atoms with Crippen molar-refractivity contribution in [1.29, 1.82) is 0 Å². The fourth-order valence-electron chi connectivity index (χ4n) is 2.44. The molecule has 0 bridgehead atoms. The van der Waals surface area contributed by atoms with E-state index in [0.29, 0.717) is 32.2 Å². The van der Waals surface area contributed by atoms with Crippen LogP contribution in [0.5, 0.6) is 0 Å². The van der Waals surface area contributed by atoms with Crippen LogP contribution in [0.4, 0.5) is 5.69 Å². The van der Waals surface area contributed by atoms with Crippen molar-refractivity contribution in [2.45, 2.75) is 26.3 Å². The van der Waals surface area contributed by atoms with Crippen molar-refractivity contribution < 1.29 is 9.59 Å². The fourth-order valence-corrected chi connectivity index (χ4v) is 3.42. The van der Waals surface area contributed by atoms with Gasteiger partial charge in [-0.2, -0.15) is 0 Å². The van der Waals surface area contributed by atoms with E-state index in [9.17, 15) is 9.59 Å². The first-order chi connectivity index (χ1) is 13.2. The van der Waals surface area contributed by atoms with Gasteiger partial charge in [0.05, 0.1) is 10.7 Å². The van der Waals surface area contributed by atoms with Gasteiger partial charge in [0.2, 0.25) is 0 Å². The van der Waals surface area contributed by atoms with Crippen LogP contribution < -0.4 is 16.2 Å². The summed E-state index contributed by atoms with van der Waals surface area (Å²) in [4.78, 5) is 25.2. The van der Waals surface area contributed by atoms with E-state index in [-0.39, 0.29) is 11.5 Å². The molecule has 2 rings (SSSR count). The van der Waals surface area contributed by atoms with Gasteiger partial charge in [-0.3, -0.25) is 20.4 Å². The molecule has 0 saturated heterocycles. The molecule has 5 nitrogen and oxygen atoms in total. The van der Waals surface area contributed by atoms with Gasteiger partial charge < -0.3 is 5.32 Å². The van der Waals surface area contributed by atoms with Crippen molar-refractivity contribution in [3.8, 4) is 0 Å². The van der Waals surface area contributed by atoms with E-state index in [2.05, 4.69) is 16.2 Å². The monoisotopic (exact) mass is 461 g/mol. The normalized spacial score (nSPS) is 11.8. The highest BCUT2D eigenvalue weighted by molar-refractivity contribution is 6.36. The smallest absolute Gasteiger partial charge is 0.260 e. The summed E-state index contributed by atoms with van der Waals surface area (Å²) in [7, 11) is 0. The minimum Gasteiger partial charge on any atom is -0.340 e. The summed E-state index contributed by atoms with van der Waals surface area (Å²) in [5.41, 5.74) is 6.06. The van der Waals surface area contributed by atoms with E-state index in [1.807, 2.05) is 13.8 Å². The first kappa shape index (κ1) is 22.6. The second-order valence-electron chi connectivity index (χ2n) is 6.55. The first-order valence-electron chi connectivity index (χ1n) is 8.43. The van der Waals surface area contributed by atoms with Crippen molar-refractivity contribution in [1.82, 2.24) is 10.7 Å². The molecule has 1 unspecified atom stereocenters. The summed E-state index contributed by atoms with van der Waals surface area (Å²) in [6, 6.07) is 8.54. The zero-order chi connectivity index (χ0) is 20.8. The van der Waals surface area contributed by atoms with Crippen LogP contribution in [0, 0.1) is 5.92 Å². The molecule has 1 atom stereocenters. The quantitative estimate of drug-likeness (QED) is 0.469. The number of hydrogen-bond donors (Lipinski definition) is 3.